The summed E-state index contributed by atoms with van der Waals surface area (Å²) in [6.45, 7) is 0.710. The first-order valence-corrected chi connectivity index (χ1v) is 9.57. The monoisotopic (exact) mass is 392 g/mol. The predicted octanol–water partition coefficient (Wildman–Crippen LogP) is 6.02. The van der Waals surface area contributed by atoms with Crippen LogP contribution in [-0.4, -0.2) is 30.9 Å². The van der Waals surface area contributed by atoms with E-state index in [2.05, 4.69) is 16.0 Å². The van der Waals surface area contributed by atoms with Crippen LogP contribution in [0, 0.1) is 0 Å². The van der Waals surface area contributed by atoms with Gasteiger partial charge >= 0.3 is 6.18 Å². The summed E-state index contributed by atoms with van der Waals surface area (Å²) in [6.07, 6.45) is -2.03. The number of alkyl halides is 3. The van der Waals surface area contributed by atoms with E-state index < -0.39 is 12.8 Å². The van der Waals surface area contributed by atoms with Crippen LogP contribution in [0.2, 0.25) is 0 Å². The molecule has 2 heterocycles. The van der Waals surface area contributed by atoms with E-state index in [1.165, 1.54) is 0 Å². The first kappa shape index (κ1) is 18.3. The van der Waals surface area contributed by atoms with Gasteiger partial charge in [-0.25, -0.2) is 0 Å². The number of nitrogens with zero attached hydrogens (tertiary/aromatic N) is 1. The summed E-state index contributed by atoms with van der Waals surface area (Å²) >= 11 is 0.762. The number of fused-ring (bicyclic) bond motifs is 1. The Morgan fingerprint density at radius 2 is 1.81 bits per heavy atom. The molecule has 0 atom stereocenters. The minimum Gasteiger partial charge on any atom is -0.371 e. The summed E-state index contributed by atoms with van der Waals surface area (Å²) in [5, 5.41) is 1.10. The van der Waals surface area contributed by atoms with Crippen LogP contribution in [0.1, 0.15) is 12.8 Å². The number of anilines is 1. The lowest BCUT2D eigenvalue weighted by molar-refractivity contribution is -0.150. The van der Waals surface area contributed by atoms with E-state index in [0.717, 1.165) is 65.8 Å². The van der Waals surface area contributed by atoms with Crippen LogP contribution < -0.4 is 4.90 Å². The third kappa shape index (κ3) is 4.25. The van der Waals surface area contributed by atoms with Crippen LogP contribution in [-0.2, 0) is 4.18 Å². The lowest BCUT2D eigenvalue weighted by Gasteiger charge is -2.21. The highest BCUT2D eigenvalue weighted by Crippen LogP contribution is 2.37. The van der Waals surface area contributed by atoms with Crippen LogP contribution in [0.25, 0.3) is 22.2 Å². The average molecular weight is 392 g/mol. The molecule has 0 aliphatic carbocycles. The van der Waals surface area contributed by atoms with Gasteiger partial charge in [-0.05, 0) is 43.2 Å². The second kappa shape index (κ2) is 7.48. The quantitative estimate of drug-likeness (QED) is 0.538. The van der Waals surface area contributed by atoms with Crippen molar-refractivity contribution in [3.63, 3.8) is 0 Å². The van der Waals surface area contributed by atoms with Gasteiger partial charge in [0.05, 0.1) is 0 Å². The Labute approximate surface area is 159 Å². The number of halogens is 3. The highest BCUT2D eigenvalue weighted by molar-refractivity contribution is 7.94. The zero-order valence-electron chi connectivity index (χ0n) is 14.6. The van der Waals surface area contributed by atoms with Crippen molar-refractivity contribution >= 4 is 28.6 Å². The van der Waals surface area contributed by atoms with Gasteiger partial charge < -0.3 is 14.1 Å². The molecule has 1 saturated heterocycles. The zero-order valence-corrected chi connectivity index (χ0v) is 15.4. The molecule has 27 heavy (non-hydrogen) atoms. The molecule has 0 amide bonds. The van der Waals surface area contributed by atoms with Crippen molar-refractivity contribution < 1.29 is 17.4 Å². The van der Waals surface area contributed by atoms with Gasteiger partial charge in [-0.2, -0.15) is 13.2 Å². The molecule has 1 aliphatic heterocycles. The summed E-state index contributed by atoms with van der Waals surface area (Å²) < 4.78 is 41.8. The van der Waals surface area contributed by atoms with Gasteiger partial charge in [-0.1, -0.05) is 18.2 Å². The maximum atomic E-state index is 12.3. The summed E-state index contributed by atoms with van der Waals surface area (Å²) in [6, 6.07) is 15.8. The number of H-pyrrole nitrogens is 1. The van der Waals surface area contributed by atoms with Crippen molar-refractivity contribution in [2.45, 2.75) is 23.9 Å². The van der Waals surface area contributed by atoms with Crippen molar-refractivity contribution in [2.75, 3.05) is 24.6 Å². The Morgan fingerprint density at radius 3 is 2.56 bits per heavy atom. The molecule has 0 radical (unpaired) electrons. The van der Waals surface area contributed by atoms with Gasteiger partial charge in [0.15, 0.2) is 6.61 Å². The van der Waals surface area contributed by atoms with Gasteiger partial charge in [0, 0.05) is 57.9 Å². The van der Waals surface area contributed by atoms with E-state index in [1.54, 1.807) is 0 Å². The topological polar surface area (TPSA) is 28.3 Å². The zero-order chi connectivity index (χ0) is 18.9. The second-order valence-corrected chi connectivity index (χ2v) is 7.48. The number of aromatic amines is 1. The number of hydrogen-bond donors (Lipinski definition) is 1. The fourth-order valence-corrected chi connectivity index (χ4v) is 4.02. The number of aromatic nitrogens is 1. The number of hydrogen-bond acceptors (Lipinski definition) is 3. The number of para-hydroxylation sites is 1. The van der Waals surface area contributed by atoms with Crippen LogP contribution in [0.5, 0.6) is 0 Å². The molecule has 2 aromatic carbocycles. The van der Waals surface area contributed by atoms with Crippen molar-refractivity contribution in [3.8, 4) is 11.3 Å². The summed E-state index contributed by atoms with van der Waals surface area (Å²) in [4.78, 5) is 6.40. The van der Waals surface area contributed by atoms with Crippen LogP contribution in [0.3, 0.4) is 0 Å². The van der Waals surface area contributed by atoms with Gasteiger partial charge in [-0.15, -0.1) is 0 Å². The molecule has 1 fully saturated rings. The van der Waals surface area contributed by atoms with Gasteiger partial charge in [0.25, 0.3) is 0 Å². The van der Waals surface area contributed by atoms with Crippen LogP contribution in [0.15, 0.2) is 53.4 Å². The fraction of sp³-hybridized carbons (Fsp3) is 0.300. The molecule has 142 valence electrons. The van der Waals surface area contributed by atoms with E-state index in [4.69, 9.17) is 4.18 Å². The molecule has 0 unspecified atom stereocenters. The predicted molar refractivity (Wildman–Crippen MR) is 103 cm³/mol. The Balaban J connectivity index is 1.68. The van der Waals surface area contributed by atoms with Gasteiger partial charge in [-0.3, -0.25) is 0 Å². The third-order valence-electron chi connectivity index (χ3n) is 4.61. The van der Waals surface area contributed by atoms with Crippen LogP contribution >= 0.6 is 12.0 Å². The second-order valence-electron chi connectivity index (χ2n) is 6.60. The average Bonchev–Trinajstić information content (AvgIpc) is 3.30. The van der Waals surface area contributed by atoms with E-state index >= 15 is 0 Å². The molecule has 3 nitrogen and oxygen atoms in total. The molecule has 7 heteroatoms. The van der Waals surface area contributed by atoms with Gasteiger partial charge in [0.2, 0.25) is 0 Å². The molecule has 0 spiro atoms. The Hall–Kier alpha value is -2.12. The maximum Gasteiger partial charge on any atom is 0.413 e. The van der Waals surface area contributed by atoms with Crippen molar-refractivity contribution in [1.29, 1.82) is 0 Å². The van der Waals surface area contributed by atoms with E-state index in [-0.39, 0.29) is 0 Å². The van der Waals surface area contributed by atoms with E-state index in [9.17, 15) is 13.2 Å². The molecule has 1 aromatic heterocycles. The Bertz CT molecular complexity index is 899. The molecular weight excluding hydrogens is 373 g/mol. The normalized spacial score (nSPS) is 15.0. The number of benzene rings is 2. The highest BCUT2D eigenvalue weighted by Gasteiger charge is 2.28. The molecule has 0 bridgehead atoms. The SMILES string of the molecule is FC(F)(F)COSc1ccc(N2CCCC2)c(-c2cc3ccccc3[nH]2)c1. The highest BCUT2D eigenvalue weighted by atomic mass is 32.2. The Kier molecular flexibility index (Phi) is 5.06. The maximum absolute atomic E-state index is 12.3. The molecule has 3 aromatic rings. The van der Waals surface area contributed by atoms with Crippen molar-refractivity contribution in [2.24, 2.45) is 0 Å². The minimum absolute atomic E-state index is 0.649. The number of rotatable bonds is 5. The fourth-order valence-electron chi connectivity index (χ4n) is 3.40. The lowest BCUT2D eigenvalue weighted by Crippen LogP contribution is -2.18. The van der Waals surface area contributed by atoms with Crippen LogP contribution in [0.4, 0.5) is 18.9 Å². The summed E-state index contributed by atoms with van der Waals surface area (Å²) in [5.74, 6) is 0. The van der Waals surface area contributed by atoms with Crippen molar-refractivity contribution in [3.05, 3.63) is 48.5 Å². The Morgan fingerprint density at radius 1 is 1.04 bits per heavy atom. The largest absolute Gasteiger partial charge is 0.413 e. The standard InChI is InChI=1S/C20H19F3N2OS/c21-20(22,23)13-26-27-15-7-8-19(25-9-3-4-10-25)16(12-15)18-11-14-5-1-2-6-17(14)24-18/h1-2,5-8,11-12,24H,3-4,9-10,13H2. The summed E-state index contributed by atoms with van der Waals surface area (Å²) in [7, 11) is 0. The van der Waals surface area contributed by atoms with Crippen molar-refractivity contribution in [1.82, 2.24) is 4.98 Å². The molecular formula is C20H19F3N2OS. The third-order valence-corrected chi connectivity index (χ3v) is 5.29. The van der Waals surface area contributed by atoms with Gasteiger partial charge in [0.1, 0.15) is 0 Å². The smallest absolute Gasteiger partial charge is 0.371 e. The lowest BCUT2D eigenvalue weighted by atomic mass is 10.1. The first-order chi connectivity index (χ1) is 13.0. The minimum atomic E-state index is -4.33. The molecule has 0 saturated carbocycles. The summed E-state index contributed by atoms with van der Waals surface area (Å²) in [5.41, 5.74) is 4.07. The van der Waals surface area contributed by atoms with E-state index in [0.29, 0.717) is 4.90 Å². The molecule has 1 N–H and O–H groups in total. The first-order valence-electron chi connectivity index (χ1n) is 8.83. The number of nitrogens with one attached hydrogen (secondary N) is 1. The molecule has 4 rings (SSSR count). The van der Waals surface area contributed by atoms with E-state index in [1.807, 2.05) is 42.5 Å². The molecule has 1 aliphatic rings.